The van der Waals surface area contributed by atoms with E-state index in [2.05, 4.69) is 38.4 Å². The van der Waals surface area contributed by atoms with Gasteiger partial charge in [0.25, 0.3) is 5.24 Å². The number of rotatable bonds is 6. The van der Waals surface area contributed by atoms with Gasteiger partial charge in [-0.15, -0.1) is 12.4 Å². The molecule has 3 aliphatic rings. The van der Waals surface area contributed by atoms with Crippen LogP contribution in [-0.4, -0.2) is 69.3 Å². The van der Waals surface area contributed by atoms with Crippen molar-refractivity contribution in [2.75, 3.05) is 44.2 Å². The quantitative estimate of drug-likeness (QED) is 0.562. The fraction of sp³-hybridized carbons (Fsp3) is 0.591. The minimum absolute atomic E-state index is 0. The summed E-state index contributed by atoms with van der Waals surface area (Å²) in [7, 11) is 0. The van der Waals surface area contributed by atoms with Crippen LogP contribution >= 0.6 is 35.7 Å². The van der Waals surface area contributed by atoms with Gasteiger partial charge in [-0.05, 0) is 67.7 Å². The number of piperazine rings is 1. The fourth-order valence-electron chi connectivity index (χ4n) is 4.94. The summed E-state index contributed by atoms with van der Waals surface area (Å²) in [6, 6.07) is 8.45. The maximum absolute atomic E-state index is 12.7. The topological polar surface area (TPSA) is 56.8 Å². The van der Waals surface area contributed by atoms with E-state index in [1.807, 2.05) is 0 Å². The lowest BCUT2D eigenvalue weighted by Crippen LogP contribution is -2.47. The van der Waals surface area contributed by atoms with E-state index < -0.39 is 4.75 Å². The lowest BCUT2D eigenvalue weighted by atomic mass is 10.1. The van der Waals surface area contributed by atoms with Crippen molar-refractivity contribution in [1.29, 1.82) is 0 Å². The molecule has 2 aromatic rings. The number of benzene rings is 1. The van der Waals surface area contributed by atoms with E-state index in [-0.39, 0.29) is 23.6 Å². The van der Waals surface area contributed by atoms with E-state index in [9.17, 15) is 9.59 Å². The summed E-state index contributed by atoms with van der Waals surface area (Å²) in [6.07, 6.45) is 5.80. The number of aromatic nitrogens is 1. The Morgan fingerprint density at radius 3 is 2.45 bits per heavy atom. The number of carbonyl (C=O) groups is 2. The van der Waals surface area contributed by atoms with E-state index in [0.717, 1.165) is 77.1 Å². The van der Waals surface area contributed by atoms with Gasteiger partial charge in [-0.25, -0.2) is 0 Å². The molecular formula is C22H29ClN4O2S2. The van der Waals surface area contributed by atoms with Crippen LogP contribution < -0.4 is 4.90 Å². The zero-order valence-corrected chi connectivity index (χ0v) is 20.1. The van der Waals surface area contributed by atoms with Crippen LogP contribution in [0.5, 0.6) is 0 Å². The first kappa shape index (κ1) is 22.8. The van der Waals surface area contributed by atoms with Gasteiger partial charge < -0.3 is 4.90 Å². The highest BCUT2D eigenvalue weighted by Gasteiger charge is 2.53. The molecule has 1 spiro atoms. The van der Waals surface area contributed by atoms with Crippen LogP contribution in [0.15, 0.2) is 24.3 Å². The Morgan fingerprint density at radius 1 is 0.968 bits per heavy atom. The summed E-state index contributed by atoms with van der Waals surface area (Å²) in [5.41, 5.74) is 0. The zero-order chi connectivity index (χ0) is 20.6. The molecule has 0 bridgehead atoms. The second-order valence-corrected chi connectivity index (χ2v) is 10.7. The highest BCUT2D eigenvalue weighted by atomic mass is 35.5. The molecule has 0 unspecified atom stereocenters. The first-order valence-corrected chi connectivity index (χ1v) is 12.6. The molecule has 0 radical (unpaired) electrons. The number of nitrogens with zero attached hydrogens (tertiary/aromatic N) is 4. The normalized spacial score (nSPS) is 21.4. The third-order valence-corrected chi connectivity index (χ3v) is 8.87. The Morgan fingerprint density at radius 2 is 1.68 bits per heavy atom. The molecule has 0 atom stereocenters. The van der Waals surface area contributed by atoms with Gasteiger partial charge in [0.2, 0.25) is 5.91 Å². The van der Waals surface area contributed by atoms with Gasteiger partial charge in [-0.3, -0.25) is 19.4 Å². The number of carbonyl (C=O) groups excluding carboxylic acids is 2. The summed E-state index contributed by atoms with van der Waals surface area (Å²) in [5.74, 6) is 1.21. The number of thioether (sulfide) groups is 1. The highest BCUT2D eigenvalue weighted by molar-refractivity contribution is 8.16. The van der Waals surface area contributed by atoms with Crippen molar-refractivity contribution in [3.63, 3.8) is 0 Å². The Labute approximate surface area is 197 Å². The third kappa shape index (κ3) is 4.45. The molecule has 3 heterocycles. The van der Waals surface area contributed by atoms with Crippen molar-refractivity contribution in [1.82, 2.24) is 14.2 Å². The minimum atomic E-state index is -0.409. The van der Waals surface area contributed by atoms with Crippen LogP contribution in [0.1, 0.15) is 38.5 Å². The summed E-state index contributed by atoms with van der Waals surface area (Å²) in [4.78, 5) is 31.5. The molecule has 1 aromatic heterocycles. The van der Waals surface area contributed by atoms with E-state index in [4.69, 9.17) is 0 Å². The molecule has 2 amide bonds. The Bertz CT molecular complexity index is 938. The molecule has 3 fully saturated rings. The predicted molar refractivity (Wildman–Crippen MR) is 131 cm³/mol. The van der Waals surface area contributed by atoms with Crippen molar-refractivity contribution >= 4 is 62.8 Å². The number of hydrogen-bond donors (Lipinski definition) is 0. The number of unbranched alkanes of at least 4 members (excludes halogenated alkanes) is 1. The largest absolute Gasteiger partial charge is 0.353 e. The van der Waals surface area contributed by atoms with Gasteiger partial charge in [-0.1, -0.05) is 25.0 Å². The van der Waals surface area contributed by atoms with Gasteiger partial charge in [0, 0.05) is 38.1 Å². The summed E-state index contributed by atoms with van der Waals surface area (Å²) in [6.45, 7) is 5.67. The molecule has 31 heavy (non-hydrogen) atoms. The van der Waals surface area contributed by atoms with Gasteiger partial charge >= 0.3 is 0 Å². The molecule has 9 heteroatoms. The van der Waals surface area contributed by atoms with Gasteiger partial charge in [0.05, 0.1) is 4.70 Å². The smallest absolute Gasteiger partial charge is 0.289 e. The van der Waals surface area contributed by atoms with Crippen molar-refractivity contribution in [2.24, 2.45) is 0 Å². The van der Waals surface area contributed by atoms with Gasteiger partial charge in [-0.2, -0.15) is 4.37 Å². The van der Waals surface area contributed by atoms with Crippen LogP contribution in [0.3, 0.4) is 0 Å². The first-order valence-electron chi connectivity index (χ1n) is 11.0. The lowest BCUT2D eigenvalue weighted by Gasteiger charge is -2.35. The average Bonchev–Trinajstić information content (AvgIpc) is 3.46. The summed E-state index contributed by atoms with van der Waals surface area (Å²) in [5, 5.41) is 1.24. The number of hydrogen-bond acceptors (Lipinski definition) is 7. The monoisotopic (exact) mass is 480 g/mol. The SMILES string of the molecule is Cl.O=C1SC2(CCCC2)C(=O)N1CCCCN1CCN(c2nsc3ccccc23)CC1. The molecule has 1 aliphatic carbocycles. The highest BCUT2D eigenvalue weighted by Crippen LogP contribution is 2.48. The Kier molecular flexibility index (Phi) is 7.10. The fourth-order valence-corrected chi connectivity index (χ4v) is 7.04. The first-order chi connectivity index (χ1) is 14.7. The summed E-state index contributed by atoms with van der Waals surface area (Å²) >= 11 is 2.87. The standard InChI is InChI=1S/C22H28N4O2S2.ClH/c27-20-22(9-3-4-10-22)29-21(28)26(20)12-6-5-11-24-13-15-25(16-14-24)19-17-7-1-2-8-18(17)30-23-19;/h1-2,7-8H,3-6,9-16H2;1H. The van der Waals surface area contributed by atoms with Crippen molar-refractivity contribution < 1.29 is 9.59 Å². The van der Waals surface area contributed by atoms with Crippen molar-refractivity contribution in [3.8, 4) is 0 Å². The van der Waals surface area contributed by atoms with Crippen LogP contribution in [0.2, 0.25) is 0 Å². The summed E-state index contributed by atoms with van der Waals surface area (Å²) < 4.78 is 5.52. The molecule has 1 saturated carbocycles. The number of amides is 2. The lowest BCUT2D eigenvalue weighted by molar-refractivity contribution is -0.129. The molecule has 2 aliphatic heterocycles. The molecule has 2 saturated heterocycles. The maximum atomic E-state index is 12.7. The Hall–Kier alpha value is -1.35. The minimum Gasteiger partial charge on any atom is -0.353 e. The van der Waals surface area contributed by atoms with Gasteiger partial charge in [0.1, 0.15) is 10.6 Å². The predicted octanol–water partition coefficient (Wildman–Crippen LogP) is 4.63. The number of halogens is 1. The zero-order valence-electron chi connectivity index (χ0n) is 17.6. The van der Waals surface area contributed by atoms with E-state index >= 15 is 0 Å². The number of imide groups is 1. The van der Waals surface area contributed by atoms with E-state index in [1.165, 1.54) is 26.7 Å². The van der Waals surface area contributed by atoms with Crippen LogP contribution in [0, 0.1) is 0 Å². The molecule has 6 nitrogen and oxygen atoms in total. The third-order valence-electron chi connectivity index (χ3n) is 6.69. The van der Waals surface area contributed by atoms with E-state index in [0.29, 0.717) is 6.54 Å². The molecule has 1 aromatic carbocycles. The van der Waals surface area contributed by atoms with E-state index in [1.54, 1.807) is 11.5 Å². The van der Waals surface area contributed by atoms with Crippen molar-refractivity contribution in [2.45, 2.75) is 43.3 Å². The Balaban J connectivity index is 0.00000231. The van der Waals surface area contributed by atoms with Crippen LogP contribution in [0.25, 0.3) is 10.1 Å². The average molecular weight is 481 g/mol. The maximum Gasteiger partial charge on any atom is 0.289 e. The van der Waals surface area contributed by atoms with Crippen LogP contribution in [-0.2, 0) is 4.79 Å². The second kappa shape index (κ2) is 9.65. The van der Waals surface area contributed by atoms with Crippen molar-refractivity contribution in [3.05, 3.63) is 24.3 Å². The van der Waals surface area contributed by atoms with Gasteiger partial charge in [0.15, 0.2) is 0 Å². The second-order valence-electron chi connectivity index (χ2n) is 8.56. The molecular weight excluding hydrogens is 452 g/mol. The molecule has 5 rings (SSSR count). The van der Waals surface area contributed by atoms with Crippen LogP contribution in [0.4, 0.5) is 10.6 Å². The molecule has 0 N–H and O–H groups in total. The molecule has 168 valence electrons. The number of fused-ring (bicyclic) bond motifs is 1. The number of anilines is 1.